The molecule has 44 heavy (non-hydrogen) atoms. The molecule has 0 radical (unpaired) electrons. The summed E-state index contributed by atoms with van der Waals surface area (Å²) in [5.41, 5.74) is 2.42. The number of hydrogen-bond donors (Lipinski definition) is 5. The first kappa shape index (κ1) is 34.5. The van der Waals surface area contributed by atoms with Gasteiger partial charge in [-0.3, -0.25) is 9.69 Å². The molecular formula is C33H45N5O5S. The Kier molecular flexibility index (Phi) is 13.2. The summed E-state index contributed by atoms with van der Waals surface area (Å²) in [6.07, 6.45) is -0.283. The highest BCUT2D eigenvalue weighted by molar-refractivity contribution is 7.09. The van der Waals surface area contributed by atoms with E-state index >= 15 is 0 Å². The lowest BCUT2D eigenvalue weighted by Gasteiger charge is -2.29. The van der Waals surface area contributed by atoms with E-state index in [-0.39, 0.29) is 29.8 Å². The highest BCUT2D eigenvalue weighted by Gasteiger charge is 2.30. The van der Waals surface area contributed by atoms with E-state index in [1.165, 1.54) is 18.4 Å². The van der Waals surface area contributed by atoms with Gasteiger partial charge >= 0.3 is 12.1 Å². The third-order valence-electron chi connectivity index (χ3n) is 7.40. The van der Waals surface area contributed by atoms with Crippen LogP contribution in [0, 0.1) is 5.92 Å². The molecule has 0 saturated heterocycles. The quantitative estimate of drug-likeness (QED) is 0.145. The number of benzene rings is 2. The molecule has 0 bridgehead atoms. The number of amides is 4. The fourth-order valence-corrected chi connectivity index (χ4v) is 5.73. The molecule has 4 atom stereocenters. The molecule has 238 valence electrons. The number of nitrogens with one attached hydrogen (secondary N) is 3. The molecule has 0 saturated carbocycles. The minimum atomic E-state index is -1.26. The molecule has 10 nitrogen and oxygen atoms in total. The van der Waals surface area contributed by atoms with Crippen molar-refractivity contribution < 1.29 is 24.6 Å². The Hall–Kier alpha value is -3.96. The lowest BCUT2D eigenvalue weighted by atomic mass is 9.95. The van der Waals surface area contributed by atoms with E-state index in [1.807, 2.05) is 88.4 Å². The number of hydrogen-bond acceptors (Lipinski definition) is 6. The summed E-state index contributed by atoms with van der Waals surface area (Å²) in [5.74, 6) is -0.390. The molecule has 4 amide bonds. The van der Waals surface area contributed by atoms with Crippen LogP contribution in [0.5, 0.6) is 0 Å². The average molecular weight is 624 g/mol. The van der Waals surface area contributed by atoms with Gasteiger partial charge in [0.25, 0.3) is 0 Å². The second-order valence-corrected chi connectivity index (χ2v) is 12.6. The fourth-order valence-electron chi connectivity index (χ4n) is 4.88. The molecule has 0 aliphatic rings. The Labute approximate surface area is 263 Å². The predicted molar refractivity (Wildman–Crippen MR) is 172 cm³/mol. The largest absolute Gasteiger partial charge is 0.465 e. The topological polar surface area (TPSA) is 144 Å². The van der Waals surface area contributed by atoms with Crippen molar-refractivity contribution in [2.75, 3.05) is 7.05 Å². The van der Waals surface area contributed by atoms with E-state index < -0.39 is 24.4 Å². The summed E-state index contributed by atoms with van der Waals surface area (Å²) in [6, 6.07) is 17.3. The summed E-state index contributed by atoms with van der Waals surface area (Å²) in [5, 5.41) is 31.4. The molecule has 0 spiro atoms. The summed E-state index contributed by atoms with van der Waals surface area (Å²) >= 11 is 1.43. The van der Waals surface area contributed by atoms with Gasteiger partial charge in [0.2, 0.25) is 5.91 Å². The molecule has 3 aromatic rings. The summed E-state index contributed by atoms with van der Waals surface area (Å²) in [4.78, 5) is 44.0. The Morgan fingerprint density at radius 2 is 1.36 bits per heavy atom. The number of carboxylic acid groups (broad SMARTS) is 1. The maximum atomic E-state index is 13.6. The van der Waals surface area contributed by atoms with E-state index in [2.05, 4.69) is 20.9 Å². The van der Waals surface area contributed by atoms with Gasteiger partial charge in [0.05, 0.1) is 5.01 Å². The standard InChI is InChI=1S/C33H45N5O5S/c1-21(2)28(37-32(41)38(5)31(40)27-20-44-30(36-27)22(3)4)29(39)34-25(18-23-12-8-6-9-13-23)16-17-26(35-33(42)43)19-24-14-10-7-11-15-24/h6-15,20-22,25-26,28,31,35,40H,16-19H2,1-5H3,(H,34,39)(H,37,41)(H,42,43). The van der Waals surface area contributed by atoms with Gasteiger partial charge in [-0.25, -0.2) is 14.6 Å². The Morgan fingerprint density at radius 3 is 1.82 bits per heavy atom. The van der Waals surface area contributed by atoms with Crippen molar-refractivity contribution in [1.82, 2.24) is 25.8 Å². The predicted octanol–water partition coefficient (Wildman–Crippen LogP) is 5.31. The number of nitrogens with zero attached hydrogens (tertiary/aromatic N) is 2. The van der Waals surface area contributed by atoms with Crippen LogP contribution in [0.4, 0.5) is 9.59 Å². The van der Waals surface area contributed by atoms with Crippen molar-refractivity contribution in [3.8, 4) is 0 Å². The Bertz CT molecular complexity index is 1330. The van der Waals surface area contributed by atoms with E-state index in [0.29, 0.717) is 31.4 Å². The van der Waals surface area contributed by atoms with Crippen LogP contribution < -0.4 is 16.0 Å². The van der Waals surface area contributed by atoms with Gasteiger partial charge in [0.1, 0.15) is 11.7 Å². The van der Waals surface area contributed by atoms with Gasteiger partial charge in [-0.05, 0) is 42.7 Å². The summed E-state index contributed by atoms with van der Waals surface area (Å²) in [6.45, 7) is 7.70. The van der Waals surface area contributed by atoms with Gasteiger partial charge in [0.15, 0.2) is 6.23 Å². The zero-order valence-corrected chi connectivity index (χ0v) is 26.9. The van der Waals surface area contributed by atoms with Crippen LogP contribution in [0.1, 0.15) is 74.5 Å². The maximum Gasteiger partial charge on any atom is 0.404 e. The zero-order chi connectivity index (χ0) is 32.2. The normalized spacial score (nSPS) is 14.0. The van der Waals surface area contributed by atoms with E-state index in [9.17, 15) is 24.6 Å². The third-order valence-corrected chi connectivity index (χ3v) is 8.56. The van der Waals surface area contributed by atoms with Crippen molar-refractivity contribution in [3.63, 3.8) is 0 Å². The van der Waals surface area contributed by atoms with Gasteiger partial charge in [-0.1, -0.05) is 88.4 Å². The molecule has 11 heteroatoms. The number of rotatable bonds is 15. The third kappa shape index (κ3) is 10.6. The van der Waals surface area contributed by atoms with E-state index in [1.54, 1.807) is 5.38 Å². The lowest BCUT2D eigenvalue weighted by Crippen LogP contribution is -2.55. The molecule has 5 N–H and O–H groups in total. The number of thiazole rings is 1. The first-order valence-electron chi connectivity index (χ1n) is 15.0. The zero-order valence-electron chi connectivity index (χ0n) is 26.1. The summed E-state index contributed by atoms with van der Waals surface area (Å²) in [7, 11) is 1.46. The van der Waals surface area contributed by atoms with Crippen molar-refractivity contribution in [2.24, 2.45) is 5.92 Å². The maximum absolute atomic E-state index is 13.6. The second kappa shape index (κ2) is 16.8. The van der Waals surface area contributed by atoms with Gasteiger partial charge in [-0.2, -0.15) is 0 Å². The van der Waals surface area contributed by atoms with Crippen molar-refractivity contribution in [2.45, 2.75) is 83.6 Å². The number of aromatic nitrogens is 1. The number of urea groups is 1. The Morgan fingerprint density at radius 1 is 0.841 bits per heavy atom. The molecule has 0 aliphatic heterocycles. The first-order chi connectivity index (χ1) is 20.9. The highest BCUT2D eigenvalue weighted by Crippen LogP contribution is 2.24. The van der Waals surface area contributed by atoms with Crippen LogP contribution in [-0.2, 0) is 17.6 Å². The number of aliphatic hydroxyl groups is 1. The van der Waals surface area contributed by atoms with Crippen LogP contribution in [0.25, 0.3) is 0 Å². The van der Waals surface area contributed by atoms with E-state index in [0.717, 1.165) is 21.0 Å². The van der Waals surface area contributed by atoms with Crippen LogP contribution in [0.15, 0.2) is 66.0 Å². The SMILES string of the molecule is CC(C)c1nc(C(O)N(C)C(=O)NC(C(=O)NC(CCC(Cc2ccccc2)NC(=O)O)Cc2ccccc2)C(C)C)cs1. The van der Waals surface area contributed by atoms with Crippen molar-refractivity contribution in [1.29, 1.82) is 0 Å². The van der Waals surface area contributed by atoms with Crippen LogP contribution in [0.3, 0.4) is 0 Å². The smallest absolute Gasteiger partial charge is 0.404 e. The number of carbonyl (C=O) groups is 3. The number of carbonyl (C=O) groups excluding carboxylic acids is 2. The van der Waals surface area contributed by atoms with Crippen molar-refractivity contribution in [3.05, 3.63) is 87.9 Å². The minimum absolute atomic E-state index is 0.200. The average Bonchev–Trinajstić information content (AvgIpc) is 3.49. The molecule has 0 aliphatic carbocycles. The minimum Gasteiger partial charge on any atom is -0.465 e. The molecular weight excluding hydrogens is 578 g/mol. The molecule has 2 aromatic carbocycles. The first-order valence-corrected chi connectivity index (χ1v) is 15.9. The van der Waals surface area contributed by atoms with Crippen LogP contribution in [-0.4, -0.2) is 63.3 Å². The summed E-state index contributed by atoms with van der Waals surface area (Å²) < 4.78 is 0. The van der Waals surface area contributed by atoms with Gasteiger partial charge in [0, 0.05) is 30.4 Å². The molecule has 3 rings (SSSR count). The van der Waals surface area contributed by atoms with Gasteiger partial charge in [-0.15, -0.1) is 11.3 Å². The Balaban J connectivity index is 1.71. The van der Waals surface area contributed by atoms with Crippen LogP contribution in [0.2, 0.25) is 0 Å². The lowest BCUT2D eigenvalue weighted by molar-refractivity contribution is -0.124. The fraction of sp³-hybridized carbons (Fsp3) is 0.455. The van der Waals surface area contributed by atoms with Crippen LogP contribution >= 0.6 is 11.3 Å². The molecule has 0 fully saturated rings. The molecule has 4 unspecified atom stereocenters. The highest BCUT2D eigenvalue weighted by atomic mass is 32.1. The molecule has 1 aromatic heterocycles. The number of aliphatic hydroxyl groups excluding tert-OH is 1. The van der Waals surface area contributed by atoms with Crippen molar-refractivity contribution >= 4 is 29.4 Å². The molecule has 1 heterocycles. The van der Waals surface area contributed by atoms with Gasteiger partial charge < -0.3 is 26.2 Å². The second-order valence-electron chi connectivity index (χ2n) is 11.7. The monoisotopic (exact) mass is 623 g/mol. The van der Waals surface area contributed by atoms with E-state index in [4.69, 9.17) is 0 Å².